The number of likely N-dealkylation sites (tertiary alicyclic amines) is 1. The Kier molecular flexibility index (Phi) is 7.90. The molecule has 24 heavy (non-hydrogen) atoms. The first-order valence-electron chi connectivity index (χ1n) is 8.67. The van der Waals surface area contributed by atoms with Gasteiger partial charge in [-0.25, -0.2) is 0 Å². The van der Waals surface area contributed by atoms with Gasteiger partial charge in [0.2, 0.25) is 11.8 Å². The van der Waals surface area contributed by atoms with Crippen molar-refractivity contribution in [1.29, 1.82) is 0 Å². The first-order chi connectivity index (χ1) is 11.2. The predicted molar refractivity (Wildman–Crippen MR) is 93.2 cm³/mol. The molecule has 1 heterocycles. The molecule has 3 N–H and O–H groups in total. The minimum atomic E-state index is -0.508. The van der Waals surface area contributed by atoms with Crippen LogP contribution < -0.4 is 5.32 Å². The molecular formula is C18H32N2O4. The third-order valence-electron chi connectivity index (χ3n) is 4.70. The Bertz CT molecular complexity index is 445. The van der Waals surface area contributed by atoms with Crippen LogP contribution in [0.4, 0.5) is 0 Å². The molecule has 6 nitrogen and oxygen atoms in total. The maximum Gasteiger partial charge on any atom is 0.224 e. The number of hydrogen-bond donors (Lipinski definition) is 3. The summed E-state index contributed by atoms with van der Waals surface area (Å²) in [5.74, 6) is -0.854. The van der Waals surface area contributed by atoms with Crippen LogP contribution in [-0.4, -0.2) is 58.8 Å². The summed E-state index contributed by atoms with van der Waals surface area (Å²) in [6.07, 6.45) is 3.81. The Morgan fingerprint density at radius 2 is 2.04 bits per heavy atom. The van der Waals surface area contributed by atoms with E-state index in [0.717, 1.165) is 12.8 Å². The van der Waals surface area contributed by atoms with Crippen molar-refractivity contribution < 1.29 is 19.8 Å². The van der Waals surface area contributed by atoms with E-state index < -0.39 is 5.92 Å². The largest absolute Gasteiger partial charge is 0.394 e. The van der Waals surface area contributed by atoms with Crippen LogP contribution in [-0.2, 0) is 9.59 Å². The summed E-state index contributed by atoms with van der Waals surface area (Å²) in [4.78, 5) is 26.7. The van der Waals surface area contributed by atoms with Gasteiger partial charge in [-0.2, -0.15) is 0 Å². The molecule has 0 radical (unpaired) electrons. The summed E-state index contributed by atoms with van der Waals surface area (Å²) < 4.78 is 0. The quantitative estimate of drug-likeness (QED) is 0.577. The van der Waals surface area contributed by atoms with E-state index in [9.17, 15) is 19.8 Å². The molecule has 3 atom stereocenters. The molecule has 1 aliphatic rings. The maximum absolute atomic E-state index is 12.6. The van der Waals surface area contributed by atoms with Gasteiger partial charge in [-0.1, -0.05) is 26.8 Å². The molecule has 1 rings (SSSR count). The molecule has 3 unspecified atom stereocenters. The van der Waals surface area contributed by atoms with Crippen LogP contribution >= 0.6 is 0 Å². The van der Waals surface area contributed by atoms with E-state index in [-0.39, 0.29) is 48.9 Å². The third-order valence-corrected chi connectivity index (χ3v) is 4.70. The number of nitrogens with zero attached hydrogens (tertiary/aromatic N) is 1. The van der Waals surface area contributed by atoms with Gasteiger partial charge in [0.05, 0.1) is 31.2 Å². The standard InChI is InChI=1S/C18H32N2O4/c1-5-7-13(17(24)19-15(12-22)18(2,3)4)10-16(23)20-9-6-8-14(20)11-21/h5,13-15,21-22H,1,6-12H2,2-4H3,(H,19,24). The lowest BCUT2D eigenvalue weighted by molar-refractivity contribution is -0.138. The fraction of sp³-hybridized carbons (Fsp3) is 0.778. The second-order valence-electron chi connectivity index (χ2n) is 7.60. The number of allylic oxidation sites excluding steroid dienone is 1. The molecule has 1 saturated heterocycles. The second kappa shape index (κ2) is 9.18. The fourth-order valence-corrected chi connectivity index (χ4v) is 2.99. The summed E-state index contributed by atoms with van der Waals surface area (Å²) in [5, 5.41) is 21.7. The highest BCUT2D eigenvalue weighted by atomic mass is 16.3. The molecule has 0 aromatic rings. The number of rotatable bonds is 8. The van der Waals surface area contributed by atoms with Crippen molar-refractivity contribution in [3.63, 3.8) is 0 Å². The lowest BCUT2D eigenvalue weighted by Gasteiger charge is -2.31. The van der Waals surface area contributed by atoms with Gasteiger partial charge in [-0.05, 0) is 24.7 Å². The van der Waals surface area contributed by atoms with Crippen molar-refractivity contribution in [2.24, 2.45) is 11.3 Å². The second-order valence-corrected chi connectivity index (χ2v) is 7.60. The SMILES string of the molecule is C=CCC(CC(=O)N1CCCC1CO)C(=O)NC(CO)C(C)(C)C. The zero-order chi connectivity index (χ0) is 18.3. The van der Waals surface area contributed by atoms with Gasteiger partial charge in [0.15, 0.2) is 0 Å². The molecule has 2 amide bonds. The Morgan fingerprint density at radius 1 is 1.38 bits per heavy atom. The molecule has 0 aromatic heterocycles. The third kappa shape index (κ3) is 5.60. The number of carbonyl (C=O) groups is 2. The Labute approximate surface area is 144 Å². The highest BCUT2D eigenvalue weighted by Crippen LogP contribution is 2.23. The molecule has 0 bridgehead atoms. The first kappa shape index (κ1) is 20.6. The lowest BCUT2D eigenvalue weighted by Crippen LogP contribution is -2.49. The van der Waals surface area contributed by atoms with Crippen LogP contribution in [0, 0.1) is 11.3 Å². The summed E-state index contributed by atoms with van der Waals surface area (Å²) >= 11 is 0. The van der Waals surface area contributed by atoms with E-state index in [2.05, 4.69) is 11.9 Å². The predicted octanol–water partition coefficient (Wildman–Crippen LogP) is 1.08. The molecule has 6 heteroatoms. The van der Waals surface area contributed by atoms with E-state index in [1.165, 1.54) is 0 Å². The number of aliphatic hydroxyl groups excluding tert-OH is 2. The fourth-order valence-electron chi connectivity index (χ4n) is 2.99. The van der Waals surface area contributed by atoms with E-state index in [1.54, 1.807) is 11.0 Å². The van der Waals surface area contributed by atoms with Crippen molar-refractivity contribution in [2.75, 3.05) is 19.8 Å². The van der Waals surface area contributed by atoms with Crippen molar-refractivity contribution in [3.05, 3.63) is 12.7 Å². The normalized spacial score (nSPS) is 20.5. The van der Waals surface area contributed by atoms with Crippen LogP contribution in [0.3, 0.4) is 0 Å². The highest BCUT2D eigenvalue weighted by molar-refractivity contribution is 5.86. The minimum absolute atomic E-state index is 0.0410. The van der Waals surface area contributed by atoms with Crippen molar-refractivity contribution in [3.8, 4) is 0 Å². The Hall–Kier alpha value is -1.40. The van der Waals surface area contributed by atoms with E-state index in [1.807, 2.05) is 20.8 Å². The first-order valence-corrected chi connectivity index (χ1v) is 8.67. The zero-order valence-electron chi connectivity index (χ0n) is 15.1. The van der Waals surface area contributed by atoms with Gasteiger partial charge in [0.1, 0.15) is 0 Å². The minimum Gasteiger partial charge on any atom is -0.394 e. The summed E-state index contributed by atoms with van der Waals surface area (Å²) in [6, 6.07) is -0.505. The highest BCUT2D eigenvalue weighted by Gasteiger charge is 2.33. The summed E-state index contributed by atoms with van der Waals surface area (Å²) in [6.45, 7) is 9.94. The number of hydrogen-bond acceptors (Lipinski definition) is 4. The van der Waals surface area contributed by atoms with E-state index >= 15 is 0 Å². The van der Waals surface area contributed by atoms with Crippen LogP contribution in [0.2, 0.25) is 0 Å². The average molecular weight is 340 g/mol. The Balaban J connectivity index is 2.73. The van der Waals surface area contributed by atoms with Crippen molar-refractivity contribution in [2.45, 2.75) is 58.5 Å². The van der Waals surface area contributed by atoms with Gasteiger partial charge < -0.3 is 20.4 Å². The smallest absolute Gasteiger partial charge is 0.224 e. The van der Waals surface area contributed by atoms with Crippen molar-refractivity contribution in [1.82, 2.24) is 10.2 Å². The molecule has 0 aromatic carbocycles. The molecule has 1 fully saturated rings. The molecular weight excluding hydrogens is 308 g/mol. The van der Waals surface area contributed by atoms with Gasteiger partial charge in [-0.3, -0.25) is 9.59 Å². The van der Waals surface area contributed by atoms with Crippen LogP contribution in [0.1, 0.15) is 46.5 Å². The van der Waals surface area contributed by atoms with Gasteiger partial charge in [0.25, 0.3) is 0 Å². The molecule has 138 valence electrons. The Morgan fingerprint density at radius 3 is 2.54 bits per heavy atom. The topological polar surface area (TPSA) is 89.9 Å². The zero-order valence-corrected chi connectivity index (χ0v) is 15.1. The number of amides is 2. The van der Waals surface area contributed by atoms with Gasteiger partial charge >= 0.3 is 0 Å². The van der Waals surface area contributed by atoms with E-state index in [4.69, 9.17) is 0 Å². The monoisotopic (exact) mass is 340 g/mol. The molecule has 0 spiro atoms. The molecule has 0 aliphatic carbocycles. The maximum atomic E-state index is 12.6. The summed E-state index contributed by atoms with van der Waals surface area (Å²) in [5.41, 5.74) is -0.274. The van der Waals surface area contributed by atoms with Gasteiger partial charge in [-0.15, -0.1) is 6.58 Å². The summed E-state index contributed by atoms with van der Waals surface area (Å²) in [7, 11) is 0. The lowest BCUT2D eigenvalue weighted by atomic mass is 9.86. The van der Waals surface area contributed by atoms with E-state index in [0.29, 0.717) is 13.0 Å². The average Bonchev–Trinajstić information content (AvgIpc) is 2.99. The number of nitrogens with one attached hydrogen (secondary N) is 1. The van der Waals surface area contributed by atoms with Crippen LogP contribution in [0.15, 0.2) is 12.7 Å². The van der Waals surface area contributed by atoms with Crippen LogP contribution in [0.25, 0.3) is 0 Å². The van der Waals surface area contributed by atoms with Crippen molar-refractivity contribution >= 4 is 11.8 Å². The molecule has 0 saturated carbocycles. The van der Waals surface area contributed by atoms with Gasteiger partial charge in [0, 0.05) is 13.0 Å². The van der Waals surface area contributed by atoms with Crippen LogP contribution in [0.5, 0.6) is 0 Å². The molecule has 1 aliphatic heterocycles. The number of carbonyl (C=O) groups excluding carboxylic acids is 2. The number of aliphatic hydroxyl groups is 2.